The topological polar surface area (TPSA) is 90.9 Å². The van der Waals surface area contributed by atoms with E-state index >= 15 is 0 Å². The Balaban J connectivity index is 1.76. The minimum absolute atomic E-state index is 0.00286. The van der Waals surface area contributed by atoms with Crippen LogP contribution in [0.4, 0.5) is 17.1 Å². The Morgan fingerprint density at radius 1 is 1.14 bits per heavy atom. The van der Waals surface area contributed by atoms with Crippen LogP contribution >= 0.6 is 11.6 Å². The largest absolute Gasteiger partial charge is 0.350 e. The SMILES string of the molecule is CC(C)C1C(=O)Nc2cc(Cl)ccc2N1CC1=NS(=O)(=O)c2ccccc2N1. The van der Waals surface area contributed by atoms with Crippen molar-refractivity contribution in [2.24, 2.45) is 10.3 Å². The van der Waals surface area contributed by atoms with E-state index < -0.39 is 16.1 Å². The van der Waals surface area contributed by atoms with Crippen LogP contribution in [-0.2, 0) is 14.8 Å². The van der Waals surface area contributed by atoms with Crippen molar-refractivity contribution < 1.29 is 13.2 Å². The molecule has 9 heteroatoms. The van der Waals surface area contributed by atoms with Crippen LogP contribution in [0.25, 0.3) is 0 Å². The smallest absolute Gasteiger partial charge is 0.286 e. The molecule has 1 unspecified atom stereocenters. The number of carbonyl (C=O) groups is 1. The molecule has 28 heavy (non-hydrogen) atoms. The number of amidine groups is 1. The molecule has 2 aliphatic heterocycles. The van der Waals surface area contributed by atoms with Gasteiger partial charge < -0.3 is 15.5 Å². The molecule has 2 aliphatic rings. The van der Waals surface area contributed by atoms with Gasteiger partial charge in [-0.1, -0.05) is 37.6 Å². The van der Waals surface area contributed by atoms with Crippen LogP contribution in [0.1, 0.15) is 13.8 Å². The number of nitrogens with one attached hydrogen (secondary N) is 2. The van der Waals surface area contributed by atoms with E-state index in [2.05, 4.69) is 15.0 Å². The number of amides is 1. The summed E-state index contributed by atoms with van der Waals surface area (Å²) in [6.45, 7) is 4.03. The predicted octanol–water partition coefficient (Wildman–Crippen LogP) is 3.34. The summed E-state index contributed by atoms with van der Waals surface area (Å²) in [5.74, 6) is 0.0984. The highest BCUT2D eigenvalue weighted by Crippen LogP contribution is 2.36. The highest BCUT2D eigenvalue weighted by Gasteiger charge is 2.37. The van der Waals surface area contributed by atoms with Gasteiger partial charge in [0.1, 0.15) is 16.8 Å². The van der Waals surface area contributed by atoms with Gasteiger partial charge >= 0.3 is 0 Å². The fourth-order valence-corrected chi connectivity index (χ4v) is 4.91. The first kappa shape index (κ1) is 18.8. The summed E-state index contributed by atoms with van der Waals surface area (Å²) in [6.07, 6.45) is 0. The maximum absolute atomic E-state index is 12.7. The third-order valence-electron chi connectivity index (χ3n) is 4.76. The Labute approximate surface area is 168 Å². The number of nitrogens with zero attached hydrogens (tertiary/aromatic N) is 2. The first-order valence-corrected chi connectivity index (χ1v) is 10.6. The molecule has 4 rings (SSSR count). The van der Waals surface area contributed by atoms with Gasteiger partial charge in [-0.3, -0.25) is 4.79 Å². The Bertz CT molecular complexity index is 1100. The van der Waals surface area contributed by atoms with Crippen LogP contribution in [-0.4, -0.2) is 32.7 Å². The maximum Gasteiger partial charge on any atom is 0.286 e. The lowest BCUT2D eigenvalue weighted by Crippen LogP contribution is -2.53. The summed E-state index contributed by atoms with van der Waals surface area (Å²) >= 11 is 6.07. The maximum atomic E-state index is 12.7. The molecule has 0 bridgehead atoms. The zero-order valence-electron chi connectivity index (χ0n) is 15.3. The summed E-state index contributed by atoms with van der Waals surface area (Å²) in [5.41, 5.74) is 1.84. The monoisotopic (exact) mass is 418 g/mol. The lowest BCUT2D eigenvalue weighted by atomic mass is 9.97. The van der Waals surface area contributed by atoms with E-state index in [0.29, 0.717) is 16.4 Å². The van der Waals surface area contributed by atoms with Crippen molar-refractivity contribution in [1.82, 2.24) is 0 Å². The van der Waals surface area contributed by atoms with E-state index in [1.54, 1.807) is 30.3 Å². The first-order chi connectivity index (χ1) is 13.3. The Morgan fingerprint density at radius 2 is 1.89 bits per heavy atom. The number of para-hydroxylation sites is 1. The van der Waals surface area contributed by atoms with E-state index in [4.69, 9.17) is 11.6 Å². The minimum Gasteiger partial charge on any atom is -0.350 e. The highest BCUT2D eigenvalue weighted by atomic mass is 35.5. The van der Waals surface area contributed by atoms with E-state index in [1.807, 2.05) is 24.8 Å². The van der Waals surface area contributed by atoms with Crippen molar-refractivity contribution in [3.63, 3.8) is 0 Å². The number of hydrogen-bond acceptors (Lipinski definition) is 5. The molecular formula is C19H19ClN4O3S. The van der Waals surface area contributed by atoms with Crippen molar-refractivity contribution in [2.45, 2.75) is 24.8 Å². The van der Waals surface area contributed by atoms with Crippen LogP contribution in [0, 0.1) is 5.92 Å². The number of anilines is 3. The number of carbonyl (C=O) groups excluding carboxylic acids is 1. The highest BCUT2D eigenvalue weighted by molar-refractivity contribution is 7.90. The van der Waals surface area contributed by atoms with Gasteiger partial charge in [-0.25, -0.2) is 0 Å². The molecule has 1 atom stereocenters. The van der Waals surface area contributed by atoms with Gasteiger partial charge in [0.15, 0.2) is 0 Å². The molecule has 0 fully saturated rings. The van der Waals surface area contributed by atoms with Crippen molar-refractivity contribution in [3.05, 3.63) is 47.5 Å². The number of halogens is 1. The molecule has 0 saturated carbocycles. The molecular weight excluding hydrogens is 400 g/mol. The third kappa shape index (κ3) is 3.22. The van der Waals surface area contributed by atoms with Crippen LogP contribution < -0.4 is 15.5 Å². The predicted molar refractivity (Wildman–Crippen MR) is 111 cm³/mol. The second kappa shape index (κ2) is 6.79. The molecule has 0 radical (unpaired) electrons. The Kier molecular flexibility index (Phi) is 4.55. The van der Waals surface area contributed by atoms with Crippen LogP contribution in [0.5, 0.6) is 0 Å². The molecule has 0 saturated heterocycles. The van der Waals surface area contributed by atoms with E-state index in [1.165, 1.54) is 6.07 Å². The Hall–Kier alpha value is -2.58. The number of hydrogen-bond donors (Lipinski definition) is 2. The van der Waals surface area contributed by atoms with Gasteiger partial charge in [0, 0.05) is 5.02 Å². The van der Waals surface area contributed by atoms with Gasteiger partial charge in [-0.15, -0.1) is 4.40 Å². The van der Waals surface area contributed by atoms with E-state index in [0.717, 1.165) is 5.69 Å². The standard InChI is InChI=1S/C19H19ClN4O3S/c1-11(2)18-19(25)22-14-9-12(20)7-8-15(14)24(18)10-17-21-13-5-3-4-6-16(13)28(26,27)23-17/h3-9,11,18H,10H2,1-2H3,(H,21,23)(H,22,25). The summed E-state index contributed by atoms with van der Waals surface area (Å²) in [4.78, 5) is 14.7. The fourth-order valence-electron chi connectivity index (χ4n) is 3.60. The van der Waals surface area contributed by atoms with E-state index in [-0.39, 0.29) is 29.1 Å². The Morgan fingerprint density at radius 3 is 2.64 bits per heavy atom. The average molecular weight is 419 g/mol. The van der Waals surface area contributed by atoms with Crippen LogP contribution in [0.15, 0.2) is 51.8 Å². The average Bonchev–Trinajstić information content (AvgIpc) is 2.60. The fraction of sp³-hybridized carbons (Fsp3) is 0.263. The van der Waals surface area contributed by atoms with Gasteiger partial charge in [0.25, 0.3) is 10.0 Å². The van der Waals surface area contributed by atoms with Gasteiger partial charge in [0.2, 0.25) is 5.91 Å². The van der Waals surface area contributed by atoms with Crippen molar-refractivity contribution in [1.29, 1.82) is 0 Å². The van der Waals surface area contributed by atoms with Crippen molar-refractivity contribution in [2.75, 3.05) is 22.1 Å². The number of fused-ring (bicyclic) bond motifs is 2. The molecule has 0 aliphatic carbocycles. The summed E-state index contributed by atoms with van der Waals surface area (Å²) in [6, 6.07) is 11.4. The zero-order valence-corrected chi connectivity index (χ0v) is 16.9. The molecule has 2 aromatic carbocycles. The lowest BCUT2D eigenvalue weighted by molar-refractivity contribution is -0.118. The molecule has 0 spiro atoms. The van der Waals surface area contributed by atoms with Gasteiger partial charge in [-0.05, 0) is 36.2 Å². The summed E-state index contributed by atoms with van der Waals surface area (Å²) < 4.78 is 29.0. The molecule has 1 amide bonds. The molecule has 2 aromatic rings. The van der Waals surface area contributed by atoms with Crippen LogP contribution in [0.2, 0.25) is 5.02 Å². The van der Waals surface area contributed by atoms with Crippen LogP contribution in [0.3, 0.4) is 0 Å². The number of rotatable bonds is 3. The quantitative estimate of drug-likeness (QED) is 0.797. The van der Waals surface area contributed by atoms with Gasteiger partial charge in [0.05, 0.1) is 23.6 Å². The molecule has 2 N–H and O–H groups in total. The molecule has 2 heterocycles. The van der Waals surface area contributed by atoms with E-state index in [9.17, 15) is 13.2 Å². The second-order valence-corrected chi connectivity index (χ2v) is 9.11. The summed E-state index contributed by atoms with van der Waals surface area (Å²) in [5, 5.41) is 6.48. The van der Waals surface area contributed by atoms with Crippen molar-refractivity contribution in [3.8, 4) is 0 Å². The van der Waals surface area contributed by atoms with Crippen molar-refractivity contribution >= 4 is 50.4 Å². The number of sulfonamides is 1. The lowest BCUT2D eigenvalue weighted by Gasteiger charge is -2.40. The minimum atomic E-state index is -3.80. The van der Waals surface area contributed by atoms with Gasteiger partial charge in [-0.2, -0.15) is 8.42 Å². The second-order valence-electron chi connectivity index (χ2n) is 7.10. The molecule has 0 aromatic heterocycles. The first-order valence-electron chi connectivity index (χ1n) is 8.83. The molecule has 146 valence electrons. The molecule has 7 nitrogen and oxygen atoms in total. The third-order valence-corrected chi connectivity index (χ3v) is 6.36. The zero-order chi connectivity index (χ0) is 20.1. The summed E-state index contributed by atoms with van der Waals surface area (Å²) in [7, 11) is -3.80. The number of benzene rings is 2. The normalized spacial score (nSPS) is 20.0.